The summed E-state index contributed by atoms with van der Waals surface area (Å²) in [5, 5.41) is 2.89. The van der Waals surface area contributed by atoms with Crippen LogP contribution in [0.2, 0.25) is 0 Å². The normalized spacial score (nSPS) is 20.2. The highest BCUT2D eigenvalue weighted by molar-refractivity contribution is 5.76. The van der Waals surface area contributed by atoms with Crippen molar-refractivity contribution >= 4 is 17.1 Å². The lowest BCUT2D eigenvalue weighted by Crippen LogP contribution is -2.37. The zero-order valence-electron chi connectivity index (χ0n) is 14.8. The zero-order valence-corrected chi connectivity index (χ0v) is 14.8. The van der Waals surface area contributed by atoms with Gasteiger partial charge in [0.2, 0.25) is 0 Å². The largest absolute Gasteiger partial charge is 0.441 e. The van der Waals surface area contributed by atoms with Crippen LogP contribution in [-0.4, -0.2) is 22.2 Å². The summed E-state index contributed by atoms with van der Waals surface area (Å²) in [6.07, 6.45) is 2.07. The minimum atomic E-state index is -0.349. The van der Waals surface area contributed by atoms with Gasteiger partial charge in [-0.25, -0.2) is 9.78 Å². The number of ether oxygens (including phenoxy) is 1. The number of aryl methyl sites for hydroxylation is 1. The number of nitrogens with one attached hydrogen (secondary N) is 1. The van der Waals surface area contributed by atoms with Crippen molar-refractivity contribution < 1.29 is 9.53 Å². The Balaban J connectivity index is 1.48. The number of carbonyl (C=O) groups excluding carboxylic acids is 1. The second kappa shape index (κ2) is 7.24. The number of hydrogen-bond donors (Lipinski definition) is 1. The van der Waals surface area contributed by atoms with Gasteiger partial charge in [-0.05, 0) is 49.7 Å². The second-order valence-electron chi connectivity index (χ2n) is 7.06. The molecule has 1 aliphatic carbocycles. The molecule has 0 spiro atoms. The molecule has 1 aromatic carbocycles. The predicted octanol–water partition coefficient (Wildman–Crippen LogP) is 3.96. The SMILES string of the molecule is CCn1c(COC(=O)NCC2CC(C(C)C)C2)nc2ccccc21. The van der Waals surface area contributed by atoms with Crippen LogP contribution in [0, 0.1) is 17.8 Å². The predicted molar refractivity (Wildman–Crippen MR) is 94.6 cm³/mol. The molecule has 1 heterocycles. The number of nitrogens with zero attached hydrogens (tertiary/aromatic N) is 2. The summed E-state index contributed by atoms with van der Waals surface area (Å²) >= 11 is 0. The molecule has 5 heteroatoms. The number of imidazole rings is 1. The maximum absolute atomic E-state index is 11.9. The zero-order chi connectivity index (χ0) is 17.1. The molecular weight excluding hydrogens is 302 g/mol. The Morgan fingerprint density at radius 3 is 2.83 bits per heavy atom. The van der Waals surface area contributed by atoms with Gasteiger partial charge in [0.25, 0.3) is 0 Å². The van der Waals surface area contributed by atoms with E-state index in [1.54, 1.807) is 0 Å². The lowest BCUT2D eigenvalue weighted by Gasteiger charge is -2.38. The molecule has 24 heavy (non-hydrogen) atoms. The van der Waals surface area contributed by atoms with Gasteiger partial charge < -0.3 is 14.6 Å². The van der Waals surface area contributed by atoms with Crippen molar-refractivity contribution in [2.45, 2.75) is 46.8 Å². The van der Waals surface area contributed by atoms with Gasteiger partial charge in [0.05, 0.1) is 11.0 Å². The molecule has 0 atom stereocenters. The number of aromatic nitrogens is 2. The van der Waals surface area contributed by atoms with Crippen molar-refractivity contribution in [2.24, 2.45) is 17.8 Å². The van der Waals surface area contributed by atoms with Crippen LogP contribution in [0.3, 0.4) is 0 Å². The summed E-state index contributed by atoms with van der Waals surface area (Å²) < 4.78 is 7.45. The first kappa shape index (κ1) is 16.8. The molecule has 0 radical (unpaired) electrons. The molecule has 3 rings (SSSR count). The van der Waals surface area contributed by atoms with Crippen molar-refractivity contribution in [1.82, 2.24) is 14.9 Å². The Morgan fingerprint density at radius 2 is 2.12 bits per heavy atom. The van der Waals surface area contributed by atoms with Gasteiger partial charge in [0, 0.05) is 13.1 Å². The summed E-state index contributed by atoms with van der Waals surface area (Å²) in [7, 11) is 0. The number of carbonyl (C=O) groups is 1. The summed E-state index contributed by atoms with van der Waals surface area (Å²) in [4.78, 5) is 16.5. The molecule has 1 fully saturated rings. The molecule has 0 aliphatic heterocycles. The third-order valence-electron chi connectivity index (χ3n) is 5.13. The maximum Gasteiger partial charge on any atom is 0.407 e. The van der Waals surface area contributed by atoms with Crippen LogP contribution < -0.4 is 5.32 Å². The van der Waals surface area contributed by atoms with E-state index in [0.29, 0.717) is 12.5 Å². The molecule has 1 N–H and O–H groups in total. The Hall–Kier alpha value is -2.04. The minimum absolute atomic E-state index is 0.202. The molecule has 0 saturated heterocycles. The van der Waals surface area contributed by atoms with E-state index in [-0.39, 0.29) is 12.7 Å². The minimum Gasteiger partial charge on any atom is -0.441 e. The number of hydrogen-bond acceptors (Lipinski definition) is 3. The summed E-state index contributed by atoms with van der Waals surface area (Å²) in [5.74, 6) is 2.95. The number of amides is 1. The second-order valence-corrected chi connectivity index (χ2v) is 7.06. The van der Waals surface area contributed by atoms with Crippen molar-refractivity contribution in [3.8, 4) is 0 Å². The van der Waals surface area contributed by atoms with Gasteiger partial charge >= 0.3 is 6.09 Å². The lowest BCUT2D eigenvalue weighted by molar-refractivity contribution is 0.115. The van der Waals surface area contributed by atoms with Crippen LogP contribution in [0.15, 0.2) is 24.3 Å². The van der Waals surface area contributed by atoms with E-state index in [4.69, 9.17) is 4.74 Å². The van der Waals surface area contributed by atoms with Crippen LogP contribution in [0.1, 0.15) is 39.4 Å². The first-order valence-corrected chi connectivity index (χ1v) is 8.93. The van der Waals surface area contributed by atoms with Crippen molar-refractivity contribution in [2.75, 3.05) is 6.54 Å². The van der Waals surface area contributed by atoms with E-state index < -0.39 is 0 Å². The average molecular weight is 329 g/mol. The van der Waals surface area contributed by atoms with E-state index in [2.05, 4.69) is 35.6 Å². The Kier molecular flexibility index (Phi) is 5.07. The van der Waals surface area contributed by atoms with Crippen LogP contribution in [-0.2, 0) is 17.9 Å². The maximum atomic E-state index is 11.9. The van der Waals surface area contributed by atoms with Crippen molar-refractivity contribution in [3.63, 3.8) is 0 Å². The summed E-state index contributed by atoms with van der Waals surface area (Å²) in [6.45, 7) is 8.32. The molecule has 2 aromatic rings. The number of rotatable bonds is 6. The molecule has 5 nitrogen and oxygen atoms in total. The molecule has 1 aliphatic rings. The molecule has 130 valence electrons. The highest BCUT2D eigenvalue weighted by atomic mass is 16.5. The van der Waals surface area contributed by atoms with Gasteiger partial charge in [-0.2, -0.15) is 0 Å². The fourth-order valence-electron chi connectivity index (χ4n) is 3.50. The van der Waals surface area contributed by atoms with E-state index in [1.165, 1.54) is 12.8 Å². The first-order chi connectivity index (χ1) is 11.6. The lowest BCUT2D eigenvalue weighted by atomic mass is 9.69. The monoisotopic (exact) mass is 329 g/mol. The first-order valence-electron chi connectivity index (χ1n) is 8.93. The molecule has 1 amide bonds. The molecular formula is C19H27N3O2. The molecule has 1 aromatic heterocycles. The molecule has 0 unspecified atom stereocenters. The van der Waals surface area contributed by atoms with Gasteiger partial charge in [0.1, 0.15) is 5.82 Å². The van der Waals surface area contributed by atoms with Crippen molar-refractivity contribution in [3.05, 3.63) is 30.1 Å². The molecule has 1 saturated carbocycles. The Bertz CT molecular complexity index is 702. The quantitative estimate of drug-likeness (QED) is 0.872. The van der Waals surface area contributed by atoms with Crippen LogP contribution in [0.4, 0.5) is 4.79 Å². The third-order valence-corrected chi connectivity index (χ3v) is 5.13. The van der Waals surface area contributed by atoms with Crippen LogP contribution in [0.5, 0.6) is 0 Å². The van der Waals surface area contributed by atoms with E-state index in [9.17, 15) is 4.79 Å². The number of benzene rings is 1. The average Bonchev–Trinajstić information content (AvgIpc) is 2.88. The van der Waals surface area contributed by atoms with Crippen LogP contribution in [0.25, 0.3) is 11.0 Å². The molecule has 0 bridgehead atoms. The topological polar surface area (TPSA) is 56.1 Å². The number of fused-ring (bicyclic) bond motifs is 1. The number of alkyl carbamates (subject to hydrolysis) is 1. The van der Waals surface area contributed by atoms with E-state index in [1.807, 2.05) is 24.3 Å². The van der Waals surface area contributed by atoms with Gasteiger partial charge in [-0.15, -0.1) is 0 Å². The summed E-state index contributed by atoms with van der Waals surface area (Å²) in [6, 6.07) is 7.98. The van der Waals surface area contributed by atoms with E-state index >= 15 is 0 Å². The standard InChI is InChI=1S/C19H27N3O2/c1-4-22-17-8-6-5-7-16(17)21-18(22)12-24-19(23)20-11-14-9-15(10-14)13(2)3/h5-8,13-15H,4,9-12H2,1-3H3,(H,20,23). The summed E-state index contributed by atoms with van der Waals surface area (Å²) in [5.41, 5.74) is 2.01. The van der Waals surface area contributed by atoms with Gasteiger partial charge in [-0.1, -0.05) is 26.0 Å². The highest BCUT2D eigenvalue weighted by Gasteiger charge is 2.31. The Labute approximate surface area is 143 Å². The van der Waals surface area contributed by atoms with Gasteiger partial charge in [0.15, 0.2) is 6.61 Å². The van der Waals surface area contributed by atoms with Gasteiger partial charge in [-0.3, -0.25) is 0 Å². The van der Waals surface area contributed by atoms with Crippen LogP contribution >= 0.6 is 0 Å². The third kappa shape index (κ3) is 3.55. The highest BCUT2D eigenvalue weighted by Crippen LogP contribution is 2.38. The van der Waals surface area contributed by atoms with Crippen molar-refractivity contribution in [1.29, 1.82) is 0 Å². The smallest absolute Gasteiger partial charge is 0.407 e. The number of para-hydroxylation sites is 2. The Morgan fingerprint density at radius 1 is 1.38 bits per heavy atom. The van der Waals surface area contributed by atoms with E-state index in [0.717, 1.165) is 35.2 Å². The fourth-order valence-corrected chi connectivity index (χ4v) is 3.50. The fraction of sp³-hybridized carbons (Fsp3) is 0.579.